The molecule has 0 amide bonds. The molecule has 40 heavy (non-hydrogen) atoms. The van der Waals surface area contributed by atoms with E-state index in [1.54, 1.807) is 0 Å². The Morgan fingerprint density at radius 2 is 0.725 bits per heavy atom. The second-order valence-electron chi connectivity index (χ2n) is 9.98. The molecule has 6 unspecified atom stereocenters. The number of hydrogen-bond donors (Lipinski definition) is 3. The monoisotopic (exact) mass is 648 g/mol. The molecule has 0 aliphatic heterocycles. The van der Waals surface area contributed by atoms with E-state index in [-0.39, 0.29) is 54.3 Å². The molecule has 0 saturated carbocycles. The van der Waals surface area contributed by atoms with E-state index in [0.29, 0.717) is 19.3 Å². The van der Waals surface area contributed by atoms with Gasteiger partial charge in [0.25, 0.3) is 0 Å². The minimum atomic E-state index is -3.24. The van der Waals surface area contributed by atoms with E-state index in [2.05, 4.69) is 0 Å². The van der Waals surface area contributed by atoms with Crippen molar-refractivity contribution in [3.8, 4) is 0 Å². The molecular weight excluding hydrogens is 600 g/mol. The second kappa shape index (κ2) is 24.0. The molecule has 0 aliphatic rings. The van der Waals surface area contributed by atoms with Gasteiger partial charge in [-0.2, -0.15) is 0 Å². The van der Waals surface area contributed by atoms with Crippen LogP contribution in [0.1, 0.15) is 80.1 Å². The van der Waals surface area contributed by atoms with Crippen LogP contribution in [0.5, 0.6) is 0 Å². The summed E-state index contributed by atoms with van der Waals surface area (Å²) < 4.78 is 34.1. The first-order valence-electron chi connectivity index (χ1n) is 13.2. The maximum Gasteiger partial charge on any atom is 3.00 e. The van der Waals surface area contributed by atoms with Crippen LogP contribution in [0.3, 0.4) is 0 Å². The van der Waals surface area contributed by atoms with Gasteiger partial charge in [0, 0.05) is 72.6 Å². The van der Waals surface area contributed by atoms with Gasteiger partial charge >= 0.3 is 17.4 Å². The van der Waals surface area contributed by atoms with E-state index < -0.39 is 57.8 Å². The molecule has 6 atom stereocenters. The van der Waals surface area contributed by atoms with Gasteiger partial charge in [-0.3, -0.25) is 13.7 Å². The molecule has 0 aromatic rings. The van der Waals surface area contributed by atoms with E-state index in [0.717, 1.165) is 19.3 Å². The molecule has 16 heteroatoms. The molecule has 0 spiro atoms. The molecule has 0 radical (unpaired) electrons. The summed E-state index contributed by atoms with van der Waals surface area (Å²) in [6.07, 6.45) is 4.61. The van der Waals surface area contributed by atoms with Crippen LogP contribution in [0.4, 0.5) is 0 Å². The molecule has 0 bridgehead atoms. The van der Waals surface area contributed by atoms with Crippen molar-refractivity contribution in [1.82, 2.24) is 0 Å². The molecule has 0 fully saturated rings. The Bertz CT molecular complexity index is 759. The number of rotatable bonds is 18. The fourth-order valence-corrected chi connectivity index (χ4v) is 8.99. The maximum atomic E-state index is 11.4. The fourth-order valence-electron chi connectivity index (χ4n) is 3.00. The van der Waals surface area contributed by atoms with Crippen LogP contribution in [0.2, 0.25) is 0 Å². The Hall–Kier alpha value is -0.488. The van der Waals surface area contributed by atoms with Gasteiger partial charge in [0.2, 0.25) is 22.1 Å². The van der Waals surface area contributed by atoms with Crippen molar-refractivity contribution < 1.29 is 58.1 Å². The summed E-state index contributed by atoms with van der Waals surface area (Å²) in [5.41, 5.74) is 0. The first-order chi connectivity index (χ1) is 17.7. The van der Waals surface area contributed by atoms with Gasteiger partial charge in [-0.15, -0.1) is 0 Å². The van der Waals surface area contributed by atoms with Crippen molar-refractivity contribution in [3.63, 3.8) is 0 Å². The first kappa shape index (κ1) is 46.5. The summed E-state index contributed by atoms with van der Waals surface area (Å²) in [5, 5.41) is 30.9. The Balaban J connectivity index is -0.000000240. The summed E-state index contributed by atoms with van der Waals surface area (Å²) in [6, 6.07) is 0. The van der Waals surface area contributed by atoms with Crippen molar-refractivity contribution in [1.29, 1.82) is 0 Å². The van der Waals surface area contributed by atoms with Crippen molar-refractivity contribution >= 4 is 57.4 Å². The number of aliphatic carboxylic acids is 3. The SMILES string of the molecule is CCCCP(=O)(O)CC(C)C(=O)[O-].CCCCP(=O)(O)CC(C)C(=O)[O-].CCCCP(=O)(O)CC(C)C(=O)[O-].[Al+3]. The van der Waals surface area contributed by atoms with Crippen molar-refractivity contribution in [2.24, 2.45) is 17.8 Å². The minimum Gasteiger partial charge on any atom is -0.550 e. The van der Waals surface area contributed by atoms with Crippen LogP contribution < -0.4 is 15.3 Å². The second-order valence-corrected chi connectivity index (χ2v) is 17.5. The van der Waals surface area contributed by atoms with E-state index in [4.69, 9.17) is 0 Å². The van der Waals surface area contributed by atoms with Gasteiger partial charge in [-0.25, -0.2) is 0 Å². The summed E-state index contributed by atoms with van der Waals surface area (Å²) in [7, 11) is -9.72. The van der Waals surface area contributed by atoms with Crippen LogP contribution >= 0.6 is 22.1 Å². The van der Waals surface area contributed by atoms with E-state index in [1.807, 2.05) is 20.8 Å². The van der Waals surface area contributed by atoms with Gasteiger partial charge < -0.3 is 44.4 Å². The van der Waals surface area contributed by atoms with Crippen LogP contribution in [-0.4, -0.2) is 86.9 Å². The summed E-state index contributed by atoms with van der Waals surface area (Å²) in [5.74, 6) is -6.30. The third kappa shape index (κ3) is 29.0. The van der Waals surface area contributed by atoms with Crippen LogP contribution in [-0.2, 0) is 28.1 Å². The van der Waals surface area contributed by atoms with Crippen molar-refractivity contribution in [2.75, 3.05) is 37.0 Å². The normalized spacial score (nSPS) is 17.3. The number of carbonyl (C=O) groups excluding carboxylic acids is 3. The van der Waals surface area contributed by atoms with Crippen molar-refractivity contribution in [3.05, 3.63) is 0 Å². The summed E-state index contributed by atoms with van der Waals surface area (Å²) >= 11 is 0. The van der Waals surface area contributed by atoms with E-state index >= 15 is 0 Å². The third-order valence-corrected chi connectivity index (χ3v) is 11.9. The largest absolute Gasteiger partial charge is 3.00 e. The number of carboxylic acid groups (broad SMARTS) is 3. The first-order valence-corrected chi connectivity index (χ1v) is 19.3. The Labute approximate surface area is 249 Å². The van der Waals surface area contributed by atoms with E-state index in [9.17, 15) is 58.1 Å². The molecule has 234 valence electrons. The predicted molar refractivity (Wildman–Crippen MR) is 152 cm³/mol. The van der Waals surface area contributed by atoms with Gasteiger partial charge in [0.1, 0.15) is 0 Å². The zero-order chi connectivity index (χ0) is 31.4. The van der Waals surface area contributed by atoms with Gasteiger partial charge in [0.05, 0.1) is 0 Å². The molecule has 0 rings (SSSR count). The number of carbonyl (C=O) groups is 3. The predicted octanol–water partition coefficient (Wildman–Crippen LogP) is 0.948. The minimum absolute atomic E-state index is 0. The molecule has 0 aliphatic carbocycles. The Kier molecular flexibility index (Phi) is 27.9. The number of hydrogen-bond acceptors (Lipinski definition) is 9. The quantitative estimate of drug-likeness (QED) is 0.139. The topological polar surface area (TPSA) is 232 Å². The molecular formula is C24H48AlO12P3. The Morgan fingerprint density at radius 1 is 0.550 bits per heavy atom. The van der Waals surface area contributed by atoms with Gasteiger partial charge in [-0.1, -0.05) is 60.8 Å². The fraction of sp³-hybridized carbons (Fsp3) is 0.875. The molecule has 3 N–H and O–H groups in total. The number of carboxylic acids is 3. The van der Waals surface area contributed by atoms with Crippen LogP contribution in [0.25, 0.3) is 0 Å². The zero-order valence-corrected chi connectivity index (χ0v) is 28.5. The van der Waals surface area contributed by atoms with Crippen molar-refractivity contribution in [2.45, 2.75) is 80.1 Å². The van der Waals surface area contributed by atoms with Crippen LogP contribution in [0, 0.1) is 17.8 Å². The standard InChI is InChI=1S/3C8H17O4P.Al/c3*1-3-4-5-13(11,12)6-7(2)8(9)10;/h3*7H,3-6H2,1-2H3,(H,9,10)(H,11,12);/q;;;+3/p-3. The average Bonchev–Trinajstić information content (AvgIpc) is 2.80. The molecule has 0 saturated heterocycles. The Morgan fingerprint density at radius 3 is 0.850 bits per heavy atom. The van der Waals surface area contributed by atoms with E-state index in [1.165, 1.54) is 20.8 Å². The third-order valence-electron chi connectivity index (χ3n) is 5.47. The molecule has 0 heterocycles. The molecule has 0 aromatic heterocycles. The summed E-state index contributed by atoms with van der Waals surface area (Å²) in [6.45, 7) is 9.94. The molecule has 12 nitrogen and oxygen atoms in total. The molecule has 0 aromatic carbocycles. The zero-order valence-electron chi connectivity index (χ0n) is 24.7. The van der Waals surface area contributed by atoms with Gasteiger partial charge in [-0.05, 0) is 19.3 Å². The average molecular weight is 649 g/mol. The number of unbranched alkanes of at least 4 members (excludes halogenated alkanes) is 3. The maximum absolute atomic E-state index is 11.4. The smallest absolute Gasteiger partial charge is 0.550 e. The summed E-state index contributed by atoms with van der Waals surface area (Å²) in [4.78, 5) is 58.9. The van der Waals surface area contributed by atoms with Crippen LogP contribution in [0.15, 0.2) is 0 Å². The van der Waals surface area contributed by atoms with Gasteiger partial charge in [0.15, 0.2) is 0 Å².